The van der Waals surface area contributed by atoms with E-state index in [1.807, 2.05) is 0 Å². The number of piperidine rings is 1. The largest absolute Gasteiger partial charge is 0.310 e. The van der Waals surface area contributed by atoms with Gasteiger partial charge < -0.3 is 15.1 Å². The van der Waals surface area contributed by atoms with Crippen LogP contribution in [-0.2, 0) is 0 Å². The normalized spacial score (nSPS) is 27.5. The van der Waals surface area contributed by atoms with Crippen molar-refractivity contribution in [1.29, 1.82) is 0 Å². The molecule has 2 fully saturated rings. The van der Waals surface area contributed by atoms with E-state index < -0.39 is 0 Å². The van der Waals surface area contributed by atoms with Crippen molar-refractivity contribution in [2.24, 2.45) is 5.92 Å². The smallest absolute Gasteiger partial charge is 0.0169 e. The molecule has 0 aromatic carbocycles. The molecule has 0 bridgehead atoms. The molecule has 0 spiro atoms. The minimum absolute atomic E-state index is 0.637. The molecule has 2 atom stereocenters. The molecule has 0 aliphatic carbocycles. The van der Waals surface area contributed by atoms with Crippen molar-refractivity contribution in [3.8, 4) is 0 Å². The van der Waals surface area contributed by atoms with Gasteiger partial charge in [-0.05, 0) is 78.7 Å². The first-order valence-electron chi connectivity index (χ1n) is 7.82. The zero-order valence-corrected chi connectivity index (χ0v) is 12.5. The summed E-state index contributed by atoms with van der Waals surface area (Å²) in [6, 6.07) is 1.31. The SMILES string of the molecule is CC(CN1CCCC1)NC(C)C1CCN(C)CC1. The van der Waals surface area contributed by atoms with Crippen LogP contribution in [0.4, 0.5) is 0 Å². The van der Waals surface area contributed by atoms with Gasteiger partial charge in [0.05, 0.1) is 0 Å². The lowest BCUT2D eigenvalue weighted by molar-refractivity contribution is 0.179. The van der Waals surface area contributed by atoms with Crippen molar-refractivity contribution in [1.82, 2.24) is 15.1 Å². The van der Waals surface area contributed by atoms with Gasteiger partial charge in [-0.3, -0.25) is 0 Å². The quantitative estimate of drug-likeness (QED) is 0.806. The van der Waals surface area contributed by atoms with E-state index in [0.29, 0.717) is 12.1 Å². The van der Waals surface area contributed by atoms with Crippen LogP contribution in [0.3, 0.4) is 0 Å². The Morgan fingerprint density at radius 1 is 1.06 bits per heavy atom. The minimum Gasteiger partial charge on any atom is -0.310 e. The molecule has 2 aliphatic rings. The molecule has 0 amide bonds. The van der Waals surface area contributed by atoms with Crippen molar-refractivity contribution in [3.05, 3.63) is 0 Å². The second-order valence-electron chi connectivity index (χ2n) is 6.50. The maximum absolute atomic E-state index is 3.83. The molecular formula is C15H31N3. The Labute approximate surface area is 113 Å². The van der Waals surface area contributed by atoms with Crippen molar-refractivity contribution < 1.29 is 0 Å². The third-order valence-corrected chi connectivity index (χ3v) is 4.75. The summed E-state index contributed by atoms with van der Waals surface area (Å²) in [5.74, 6) is 0.877. The van der Waals surface area contributed by atoms with E-state index in [0.717, 1.165) is 5.92 Å². The zero-order valence-electron chi connectivity index (χ0n) is 12.5. The highest BCUT2D eigenvalue weighted by molar-refractivity contribution is 4.81. The van der Waals surface area contributed by atoms with Crippen LogP contribution in [0.5, 0.6) is 0 Å². The molecule has 0 aromatic rings. The molecule has 3 nitrogen and oxygen atoms in total. The number of rotatable bonds is 5. The summed E-state index contributed by atoms with van der Waals surface area (Å²) in [5.41, 5.74) is 0. The van der Waals surface area contributed by atoms with E-state index >= 15 is 0 Å². The first-order valence-corrected chi connectivity index (χ1v) is 7.82. The second-order valence-corrected chi connectivity index (χ2v) is 6.50. The molecule has 2 unspecified atom stereocenters. The summed E-state index contributed by atoms with van der Waals surface area (Å²) in [5, 5.41) is 3.83. The highest BCUT2D eigenvalue weighted by atomic mass is 15.2. The van der Waals surface area contributed by atoms with Crippen LogP contribution >= 0.6 is 0 Å². The summed E-state index contributed by atoms with van der Waals surface area (Å²) in [6.07, 6.45) is 5.52. The average Bonchev–Trinajstić information content (AvgIpc) is 2.82. The Balaban J connectivity index is 1.67. The van der Waals surface area contributed by atoms with Gasteiger partial charge >= 0.3 is 0 Å². The van der Waals surface area contributed by atoms with Crippen LogP contribution in [0.1, 0.15) is 39.5 Å². The van der Waals surface area contributed by atoms with Crippen LogP contribution in [-0.4, -0.2) is 61.7 Å². The molecular weight excluding hydrogens is 222 g/mol. The minimum atomic E-state index is 0.637. The Morgan fingerprint density at radius 2 is 1.67 bits per heavy atom. The molecule has 2 rings (SSSR count). The monoisotopic (exact) mass is 253 g/mol. The molecule has 2 saturated heterocycles. The summed E-state index contributed by atoms with van der Waals surface area (Å²) < 4.78 is 0. The molecule has 106 valence electrons. The van der Waals surface area contributed by atoms with Gasteiger partial charge in [-0.15, -0.1) is 0 Å². The van der Waals surface area contributed by atoms with Crippen molar-refractivity contribution in [3.63, 3.8) is 0 Å². The lowest BCUT2D eigenvalue weighted by Gasteiger charge is -2.35. The summed E-state index contributed by atoms with van der Waals surface area (Å²) in [6.45, 7) is 11.1. The van der Waals surface area contributed by atoms with E-state index in [9.17, 15) is 0 Å². The fourth-order valence-corrected chi connectivity index (χ4v) is 3.52. The second kappa shape index (κ2) is 6.88. The Bertz CT molecular complexity index is 230. The van der Waals surface area contributed by atoms with E-state index in [2.05, 4.69) is 36.0 Å². The van der Waals surface area contributed by atoms with Gasteiger partial charge in [-0.2, -0.15) is 0 Å². The number of hydrogen-bond donors (Lipinski definition) is 1. The molecule has 18 heavy (non-hydrogen) atoms. The molecule has 0 saturated carbocycles. The third-order valence-electron chi connectivity index (χ3n) is 4.75. The van der Waals surface area contributed by atoms with Crippen molar-refractivity contribution in [2.75, 3.05) is 39.8 Å². The summed E-state index contributed by atoms with van der Waals surface area (Å²) in [7, 11) is 2.24. The number of nitrogens with zero attached hydrogens (tertiary/aromatic N) is 2. The fourth-order valence-electron chi connectivity index (χ4n) is 3.52. The fraction of sp³-hybridized carbons (Fsp3) is 1.00. The number of nitrogens with one attached hydrogen (secondary N) is 1. The third kappa shape index (κ3) is 4.22. The number of hydrogen-bond acceptors (Lipinski definition) is 3. The van der Waals surface area contributed by atoms with Gasteiger partial charge in [0.1, 0.15) is 0 Å². The Kier molecular flexibility index (Phi) is 5.46. The predicted octanol–water partition coefficient (Wildman–Crippen LogP) is 1.79. The highest BCUT2D eigenvalue weighted by Crippen LogP contribution is 2.20. The van der Waals surface area contributed by atoms with E-state index in [1.165, 1.54) is 58.4 Å². The Morgan fingerprint density at radius 3 is 2.28 bits per heavy atom. The van der Waals surface area contributed by atoms with Crippen LogP contribution in [0, 0.1) is 5.92 Å². The van der Waals surface area contributed by atoms with Crippen molar-refractivity contribution >= 4 is 0 Å². The van der Waals surface area contributed by atoms with Crippen molar-refractivity contribution in [2.45, 2.75) is 51.6 Å². The predicted molar refractivity (Wildman–Crippen MR) is 78.0 cm³/mol. The lowest BCUT2D eigenvalue weighted by atomic mass is 9.90. The van der Waals surface area contributed by atoms with Gasteiger partial charge in [0, 0.05) is 18.6 Å². The maximum Gasteiger partial charge on any atom is 0.0169 e. The van der Waals surface area contributed by atoms with Gasteiger partial charge in [0.25, 0.3) is 0 Å². The highest BCUT2D eigenvalue weighted by Gasteiger charge is 2.24. The summed E-state index contributed by atoms with van der Waals surface area (Å²) >= 11 is 0. The average molecular weight is 253 g/mol. The van der Waals surface area contributed by atoms with Gasteiger partial charge in [0.15, 0.2) is 0 Å². The molecule has 0 aromatic heterocycles. The zero-order chi connectivity index (χ0) is 13.0. The first kappa shape index (κ1) is 14.3. The van der Waals surface area contributed by atoms with Gasteiger partial charge in [-0.25, -0.2) is 0 Å². The molecule has 3 heteroatoms. The standard InChI is InChI=1S/C15H31N3/c1-13(12-18-8-4-5-9-18)16-14(2)15-6-10-17(3)11-7-15/h13-16H,4-12H2,1-3H3. The topological polar surface area (TPSA) is 18.5 Å². The van der Waals surface area contributed by atoms with Crippen LogP contribution in [0.2, 0.25) is 0 Å². The lowest BCUT2D eigenvalue weighted by Crippen LogP contribution is -2.47. The van der Waals surface area contributed by atoms with E-state index in [4.69, 9.17) is 0 Å². The van der Waals surface area contributed by atoms with Crippen LogP contribution in [0.25, 0.3) is 0 Å². The molecule has 2 aliphatic heterocycles. The van der Waals surface area contributed by atoms with Gasteiger partial charge in [-0.1, -0.05) is 0 Å². The number of likely N-dealkylation sites (tertiary alicyclic amines) is 2. The molecule has 2 heterocycles. The van der Waals surface area contributed by atoms with Crippen LogP contribution in [0.15, 0.2) is 0 Å². The van der Waals surface area contributed by atoms with Crippen LogP contribution < -0.4 is 5.32 Å². The maximum atomic E-state index is 3.83. The molecule has 0 radical (unpaired) electrons. The van der Waals surface area contributed by atoms with Gasteiger partial charge in [0.2, 0.25) is 0 Å². The Hall–Kier alpha value is -0.120. The van der Waals surface area contributed by atoms with E-state index in [1.54, 1.807) is 0 Å². The summed E-state index contributed by atoms with van der Waals surface area (Å²) in [4.78, 5) is 5.07. The van der Waals surface area contributed by atoms with E-state index in [-0.39, 0.29) is 0 Å². The first-order chi connectivity index (χ1) is 8.65. The molecule has 1 N–H and O–H groups in total.